The Morgan fingerprint density at radius 3 is 2.75 bits per heavy atom. The Kier molecular flexibility index (Phi) is 5.38. The van der Waals surface area contributed by atoms with E-state index in [-0.39, 0.29) is 0 Å². The largest absolute Gasteiger partial charge is 0.366 e. The maximum atomic E-state index is 4.38. The van der Waals surface area contributed by atoms with Gasteiger partial charge in [-0.2, -0.15) is 16.7 Å². The van der Waals surface area contributed by atoms with Crippen molar-refractivity contribution in [2.75, 3.05) is 29.7 Å². The molecule has 1 aromatic heterocycles. The van der Waals surface area contributed by atoms with Crippen LogP contribution in [0.15, 0.2) is 6.07 Å². The fourth-order valence-corrected chi connectivity index (χ4v) is 2.15. The molecule has 0 aliphatic heterocycles. The summed E-state index contributed by atoms with van der Waals surface area (Å²) in [4.78, 5) is 8.64. The summed E-state index contributed by atoms with van der Waals surface area (Å²) in [5, 5.41) is 6.40. The summed E-state index contributed by atoms with van der Waals surface area (Å²) in [6, 6.07) is 2.44. The minimum atomic E-state index is 0.467. The van der Waals surface area contributed by atoms with Crippen molar-refractivity contribution < 1.29 is 0 Å². The van der Waals surface area contributed by atoms with Crippen LogP contribution in [-0.2, 0) is 0 Å². The molecule has 16 heavy (non-hydrogen) atoms. The number of thioether (sulfide) groups is 1. The molecule has 1 unspecified atom stereocenters. The monoisotopic (exact) mass is 240 g/mol. The molecule has 0 radical (unpaired) electrons. The molecule has 0 saturated carbocycles. The first-order valence-corrected chi connectivity index (χ1v) is 6.87. The van der Waals surface area contributed by atoms with E-state index in [0.29, 0.717) is 12.0 Å². The highest BCUT2D eigenvalue weighted by Crippen LogP contribution is 2.13. The van der Waals surface area contributed by atoms with E-state index in [1.54, 1.807) is 0 Å². The van der Waals surface area contributed by atoms with E-state index in [0.717, 1.165) is 23.7 Å². The highest BCUT2D eigenvalue weighted by atomic mass is 32.2. The van der Waals surface area contributed by atoms with Crippen LogP contribution in [-0.4, -0.2) is 35.1 Å². The highest BCUT2D eigenvalue weighted by molar-refractivity contribution is 7.98. The van der Waals surface area contributed by atoms with Gasteiger partial charge in [0.1, 0.15) is 5.82 Å². The lowest BCUT2D eigenvalue weighted by atomic mass is 10.2. The van der Waals surface area contributed by atoms with E-state index in [1.165, 1.54) is 0 Å². The van der Waals surface area contributed by atoms with Crippen LogP contribution < -0.4 is 10.6 Å². The number of aryl methyl sites for hydroxylation is 1. The van der Waals surface area contributed by atoms with E-state index in [4.69, 9.17) is 0 Å². The Hall–Kier alpha value is -0.970. The van der Waals surface area contributed by atoms with Crippen LogP contribution in [0.3, 0.4) is 0 Å². The molecule has 0 amide bonds. The lowest BCUT2D eigenvalue weighted by molar-refractivity contribution is 0.769. The molecule has 0 spiro atoms. The fourth-order valence-electron chi connectivity index (χ4n) is 1.43. The van der Waals surface area contributed by atoms with Gasteiger partial charge in [0.25, 0.3) is 0 Å². The standard InChI is InChI=1S/C11H20N4S/c1-5-9(7-16-4)14-10-6-8(2)13-11(12-3)15-10/h6,9H,5,7H2,1-4H3,(H2,12,13,14,15). The van der Waals surface area contributed by atoms with Crippen molar-refractivity contribution in [1.82, 2.24) is 9.97 Å². The van der Waals surface area contributed by atoms with Crippen molar-refractivity contribution in [2.45, 2.75) is 26.3 Å². The Morgan fingerprint density at radius 1 is 1.44 bits per heavy atom. The number of anilines is 2. The molecule has 0 saturated heterocycles. The van der Waals surface area contributed by atoms with Crippen LogP contribution >= 0.6 is 11.8 Å². The van der Waals surface area contributed by atoms with Crippen molar-refractivity contribution in [3.63, 3.8) is 0 Å². The molecule has 0 bridgehead atoms. The summed E-state index contributed by atoms with van der Waals surface area (Å²) in [5.74, 6) is 2.66. The molecule has 0 aliphatic carbocycles. The highest BCUT2D eigenvalue weighted by Gasteiger charge is 2.07. The topological polar surface area (TPSA) is 49.8 Å². The van der Waals surface area contributed by atoms with Crippen molar-refractivity contribution >= 4 is 23.5 Å². The summed E-state index contributed by atoms with van der Waals surface area (Å²) in [6.45, 7) is 4.16. The number of hydrogen-bond donors (Lipinski definition) is 2. The Morgan fingerprint density at radius 2 is 2.19 bits per heavy atom. The van der Waals surface area contributed by atoms with Gasteiger partial charge in [0.05, 0.1) is 0 Å². The first-order valence-electron chi connectivity index (χ1n) is 5.48. The number of nitrogens with one attached hydrogen (secondary N) is 2. The van der Waals surface area contributed by atoms with Gasteiger partial charge in [-0.25, -0.2) is 4.98 Å². The van der Waals surface area contributed by atoms with Crippen LogP contribution in [0.5, 0.6) is 0 Å². The van der Waals surface area contributed by atoms with E-state index >= 15 is 0 Å². The summed E-state index contributed by atoms with van der Waals surface area (Å²) < 4.78 is 0. The zero-order valence-corrected chi connectivity index (χ0v) is 11.2. The molecule has 5 heteroatoms. The van der Waals surface area contributed by atoms with Crippen LogP contribution in [0.1, 0.15) is 19.0 Å². The van der Waals surface area contributed by atoms with Gasteiger partial charge in [-0.05, 0) is 19.6 Å². The van der Waals surface area contributed by atoms with Crippen LogP contribution in [0.2, 0.25) is 0 Å². The van der Waals surface area contributed by atoms with Gasteiger partial charge in [0, 0.05) is 30.6 Å². The Bertz CT molecular complexity index is 330. The molecular formula is C11H20N4S. The first-order chi connectivity index (χ1) is 7.69. The summed E-state index contributed by atoms with van der Waals surface area (Å²) in [6.07, 6.45) is 3.22. The summed E-state index contributed by atoms with van der Waals surface area (Å²) in [7, 11) is 1.83. The lowest BCUT2D eigenvalue weighted by Crippen LogP contribution is -2.22. The van der Waals surface area contributed by atoms with Crippen LogP contribution in [0.4, 0.5) is 11.8 Å². The zero-order chi connectivity index (χ0) is 12.0. The number of hydrogen-bond acceptors (Lipinski definition) is 5. The third-order valence-corrected chi connectivity index (χ3v) is 3.03. The van der Waals surface area contributed by atoms with E-state index in [9.17, 15) is 0 Å². The van der Waals surface area contributed by atoms with Gasteiger partial charge in [0.15, 0.2) is 0 Å². The molecule has 1 rings (SSSR count). The number of aromatic nitrogens is 2. The van der Waals surface area contributed by atoms with Gasteiger partial charge in [-0.15, -0.1) is 0 Å². The minimum Gasteiger partial charge on any atom is -0.366 e. The Labute approximate surface area is 102 Å². The molecule has 1 heterocycles. The summed E-state index contributed by atoms with van der Waals surface area (Å²) in [5.41, 5.74) is 0.973. The van der Waals surface area contributed by atoms with E-state index in [1.807, 2.05) is 31.8 Å². The molecule has 0 fully saturated rings. The molecule has 4 nitrogen and oxygen atoms in total. The maximum absolute atomic E-state index is 4.38. The third-order valence-electron chi connectivity index (χ3n) is 2.29. The second kappa shape index (κ2) is 6.58. The molecule has 0 aliphatic rings. The van der Waals surface area contributed by atoms with Gasteiger partial charge < -0.3 is 10.6 Å². The van der Waals surface area contributed by atoms with Gasteiger partial charge in [-0.3, -0.25) is 0 Å². The van der Waals surface area contributed by atoms with Gasteiger partial charge >= 0.3 is 0 Å². The van der Waals surface area contributed by atoms with E-state index < -0.39 is 0 Å². The first kappa shape index (κ1) is 13.1. The second-order valence-corrected chi connectivity index (χ2v) is 4.58. The molecular weight excluding hydrogens is 220 g/mol. The SMILES string of the molecule is CCC(CSC)Nc1cc(C)nc(NC)n1. The second-order valence-electron chi connectivity index (χ2n) is 3.67. The predicted molar refractivity (Wildman–Crippen MR) is 72.4 cm³/mol. The minimum absolute atomic E-state index is 0.467. The fraction of sp³-hybridized carbons (Fsp3) is 0.636. The molecule has 1 aromatic rings. The van der Waals surface area contributed by atoms with Crippen LogP contribution in [0.25, 0.3) is 0 Å². The molecule has 90 valence electrons. The average Bonchev–Trinajstić information content (AvgIpc) is 2.27. The normalized spacial score (nSPS) is 12.2. The van der Waals surface area contributed by atoms with Crippen molar-refractivity contribution in [3.8, 4) is 0 Å². The molecule has 0 aromatic carbocycles. The van der Waals surface area contributed by atoms with Crippen molar-refractivity contribution in [2.24, 2.45) is 0 Å². The predicted octanol–water partition coefficient (Wildman–Crippen LogP) is 2.38. The zero-order valence-electron chi connectivity index (χ0n) is 10.4. The third kappa shape index (κ3) is 3.89. The summed E-state index contributed by atoms with van der Waals surface area (Å²) >= 11 is 1.85. The quantitative estimate of drug-likeness (QED) is 0.799. The van der Waals surface area contributed by atoms with Crippen molar-refractivity contribution in [3.05, 3.63) is 11.8 Å². The number of nitrogens with zero attached hydrogens (tertiary/aromatic N) is 2. The smallest absolute Gasteiger partial charge is 0.224 e. The lowest BCUT2D eigenvalue weighted by Gasteiger charge is -2.17. The van der Waals surface area contributed by atoms with Gasteiger partial charge in [-0.1, -0.05) is 6.92 Å². The molecule has 1 atom stereocenters. The average molecular weight is 240 g/mol. The van der Waals surface area contributed by atoms with Crippen LogP contribution in [0, 0.1) is 6.92 Å². The maximum Gasteiger partial charge on any atom is 0.224 e. The molecule has 2 N–H and O–H groups in total. The number of rotatable bonds is 6. The van der Waals surface area contributed by atoms with Crippen molar-refractivity contribution in [1.29, 1.82) is 0 Å². The van der Waals surface area contributed by atoms with Gasteiger partial charge in [0.2, 0.25) is 5.95 Å². The Balaban J connectivity index is 2.74. The van der Waals surface area contributed by atoms with E-state index in [2.05, 4.69) is 33.8 Å².